The van der Waals surface area contributed by atoms with Gasteiger partial charge in [0.15, 0.2) is 5.17 Å². The molecule has 5 rings (SSSR count). The van der Waals surface area contributed by atoms with Crippen LogP contribution in [-0.2, 0) is 9.59 Å². The van der Waals surface area contributed by atoms with Crippen molar-refractivity contribution < 1.29 is 19.1 Å². The molecule has 200 valence electrons. The fourth-order valence-electron chi connectivity index (χ4n) is 4.76. The van der Waals surface area contributed by atoms with Gasteiger partial charge in [0.05, 0.1) is 26.0 Å². The Bertz CT molecular complexity index is 1430. The molecule has 0 radical (unpaired) electrons. The van der Waals surface area contributed by atoms with Crippen molar-refractivity contribution in [2.75, 3.05) is 19.5 Å². The Morgan fingerprint density at radius 3 is 2.21 bits per heavy atom. The number of carbonyl (C=O) groups excluding carboxylic acids is 2. The number of anilines is 1. The maximum absolute atomic E-state index is 12.9. The zero-order chi connectivity index (χ0) is 27.5. The molecule has 0 aliphatic carbocycles. The van der Waals surface area contributed by atoms with Crippen molar-refractivity contribution in [1.82, 2.24) is 5.01 Å². The lowest BCUT2D eigenvalue weighted by molar-refractivity contribution is -0.121. The first-order valence-electron chi connectivity index (χ1n) is 12.7. The first kappa shape index (κ1) is 26.5. The van der Waals surface area contributed by atoms with E-state index in [1.807, 2.05) is 85.6 Å². The van der Waals surface area contributed by atoms with Crippen LogP contribution in [0.2, 0.25) is 0 Å². The molecule has 0 unspecified atom stereocenters. The molecule has 2 aliphatic rings. The molecule has 0 spiro atoms. The summed E-state index contributed by atoms with van der Waals surface area (Å²) in [5, 5.41) is 9.52. The lowest BCUT2D eigenvalue weighted by Gasteiger charge is -2.23. The maximum atomic E-state index is 12.9. The standard InChI is InChI=1S/C30H30N4O4S/c1-18-13-19(2)15-22(14-18)31-28(35)17-27-29(36)32-30(39-27)34-26(21-7-11-24(38-4)12-8-21)16-25(33-34)20-5-9-23(37-3)10-6-20/h5-15,26-27H,16-17H2,1-4H3,(H,31,35)/t26-,27-/m1/s1. The largest absolute Gasteiger partial charge is 0.497 e. The highest BCUT2D eigenvalue weighted by Crippen LogP contribution is 2.39. The summed E-state index contributed by atoms with van der Waals surface area (Å²) in [4.78, 5) is 30.0. The van der Waals surface area contributed by atoms with Crippen LogP contribution in [0.25, 0.3) is 0 Å². The molecule has 39 heavy (non-hydrogen) atoms. The van der Waals surface area contributed by atoms with Gasteiger partial charge in [-0.25, -0.2) is 5.01 Å². The molecule has 0 aromatic heterocycles. The van der Waals surface area contributed by atoms with E-state index in [0.29, 0.717) is 11.6 Å². The molecule has 1 N–H and O–H groups in total. The summed E-state index contributed by atoms with van der Waals surface area (Å²) in [7, 11) is 3.27. The number of nitrogens with one attached hydrogen (secondary N) is 1. The Hall–Kier alpha value is -4.11. The molecule has 0 saturated carbocycles. The van der Waals surface area contributed by atoms with Gasteiger partial charge in [-0.15, -0.1) is 0 Å². The van der Waals surface area contributed by atoms with Gasteiger partial charge in [0.2, 0.25) is 5.91 Å². The van der Waals surface area contributed by atoms with Gasteiger partial charge in [0.25, 0.3) is 5.91 Å². The van der Waals surface area contributed by atoms with Gasteiger partial charge in [-0.05, 0) is 84.6 Å². The number of amides is 2. The van der Waals surface area contributed by atoms with Crippen LogP contribution in [0.1, 0.15) is 41.1 Å². The van der Waals surface area contributed by atoms with E-state index in [1.165, 1.54) is 11.8 Å². The van der Waals surface area contributed by atoms with Crippen LogP contribution in [0.15, 0.2) is 76.8 Å². The number of benzene rings is 3. The van der Waals surface area contributed by atoms with Crippen molar-refractivity contribution >= 4 is 40.1 Å². The number of aliphatic imine (C=N–C) groups is 1. The zero-order valence-electron chi connectivity index (χ0n) is 22.3. The summed E-state index contributed by atoms with van der Waals surface area (Å²) in [6.07, 6.45) is 0.657. The SMILES string of the molecule is COc1ccc(C2=NN(C3=NC(=O)[C@@H](CC(=O)Nc4cc(C)cc(C)c4)S3)[C@@H](c3ccc(OC)cc3)C2)cc1. The van der Waals surface area contributed by atoms with Crippen molar-refractivity contribution in [3.63, 3.8) is 0 Å². The minimum Gasteiger partial charge on any atom is -0.497 e. The first-order valence-corrected chi connectivity index (χ1v) is 13.5. The van der Waals surface area contributed by atoms with Crippen LogP contribution in [0.3, 0.4) is 0 Å². The Kier molecular flexibility index (Phi) is 7.70. The predicted molar refractivity (Wildman–Crippen MR) is 155 cm³/mol. The second-order valence-electron chi connectivity index (χ2n) is 9.58. The number of nitrogens with zero attached hydrogens (tertiary/aromatic N) is 3. The van der Waals surface area contributed by atoms with Gasteiger partial charge in [-0.2, -0.15) is 10.1 Å². The highest BCUT2D eigenvalue weighted by molar-refractivity contribution is 8.15. The van der Waals surface area contributed by atoms with Gasteiger partial charge in [0.1, 0.15) is 16.7 Å². The second kappa shape index (κ2) is 11.3. The molecule has 2 aliphatic heterocycles. The van der Waals surface area contributed by atoms with Gasteiger partial charge in [-0.3, -0.25) is 9.59 Å². The number of ether oxygens (including phenoxy) is 2. The third-order valence-corrected chi connectivity index (χ3v) is 7.78. The van der Waals surface area contributed by atoms with Crippen LogP contribution in [-0.4, -0.2) is 47.2 Å². The number of aryl methyl sites for hydroxylation is 2. The van der Waals surface area contributed by atoms with E-state index in [-0.39, 0.29) is 24.3 Å². The maximum Gasteiger partial charge on any atom is 0.262 e. The number of hydrogen-bond acceptors (Lipinski definition) is 7. The average Bonchev–Trinajstić information content (AvgIpc) is 3.52. The van der Waals surface area contributed by atoms with Gasteiger partial charge in [-0.1, -0.05) is 30.0 Å². The van der Waals surface area contributed by atoms with Crippen LogP contribution in [0, 0.1) is 13.8 Å². The number of hydrogen-bond donors (Lipinski definition) is 1. The average molecular weight is 543 g/mol. The molecular formula is C30H30N4O4S. The fraction of sp³-hybridized carbons (Fsp3) is 0.267. The van der Waals surface area contributed by atoms with Crippen LogP contribution < -0.4 is 14.8 Å². The molecular weight excluding hydrogens is 512 g/mol. The van der Waals surface area contributed by atoms with Crippen molar-refractivity contribution in [1.29, 1.82) is 0 Å². The van der Waals surface area contributed by atoms with Crippen LogP contribution in [0.4, 0.5) is 5.69 Å². The van der Waals surface area contributed by atoms with Gasteiger partial charge >= 0.3 is 0 Å². The second-order valence-corrected chi connectivity index (χ2v) is 10.8. The first-order chi connectivity index (χ1) is 18.8. The van der Waals surface area contributed by atoms with Gasteiger partial charge < -0.3 is 14.8 Å². The minimum absolute atomic E-state index is 0.0274. The number of hydrazone groups is 1. The van der Waals surface area contributed by atoms with E-state index in [0.717, 1.165) is 45.2 Å². The van der Waals surface area contributed by atoms with Crippen LogP contribution in [0.5, 0.6) is 11.5 Å². The smallest absolute Gasteiger partial charge is 0.262 e. The van der Waals surface area contributed by atoms with E-state index in [4.69, 9.17) is 14.6 Å². The summed E-state index contributed by atoms with van der Waals surface area (Å²) in [5.74, 6) is 0.978. The topological polar surface area (TPSA) is 92.6 Å². The minimum atomic E-state index is -0.609. The van der Waals surface area contributed by atoms with E-state index in [9.17, 15) is 9.59 Å². The van der Waals surface area contributed by atoms with E-state index >= 15 is 0 Å². The molecule has 2 heterocycles. The number of methoxy groups -OCH3 is 2. The Morgan fingerprint density at radius 2 is 1.59 bits per heavy atom. The normalized spacial score (nSPS) is 18.6. The Labute approximate surface area is 232 Å². The Balaban J connectivity index is 1.35. The third kappa shape index (κ3) is 5.98. The number of carbonyl (C=O) groups is 2. The lowest BCUT2D eigenvalue weighted by atomic mass is 9.98. The van der Waals surface area contributed by atoms with Crippen molar-refractivity contribution in [3.05, 3.63) is 89.0 Å². The van der Waals surface area contributed by atoms with Gasteiger partial charge in [0, 0.05) is 18.5 Å². The molecule has 2 amide bonds. The summed E-state index contributed by atoms with van der Waals surface area (Å²) >= 11 is 1.28. The monoisotopic (exact) mass is 542 g/mol. The predicted octanol–water partition coefficient (Wildman–Crippen LogP) is 5.50. The molecule has 0 bridgehead atoms. The molecule has 8 nitrogen and oxygen atoms in total. The molecule has 3 aromatic carbocycles. The van der Waals surface area contributed by atoms with Crippen molar-refractivity contribution in [2.45, 2.75) is 38.0 Å². The summed E-state index contributed by atoms with van der Waals surface area (Å²) in [5.41, 5.74) is 5.72. The number of thioether (sulfide) groups is 1. The van der Waals surface area contributed by atoms with E-state index < -0.39 is 5.25 Å². The molecule has 9 heteroatoms. The summed E-state index contributed by atoms with van der Waals surface area (Å²) < 4.78 is 10.6. The van der Waals surface area contributed by atoms with Crippen molar-refractivity contribution in [2.24, 2.45) is 10.1 Å². The van der Waals surface area contributed by atoms with E-state index in [1.54, 1.807) is 14.2 Å². The van der Waals surface area contributed by atoms with Crippen LogP contribution >= 0.6 is 11.8 Å². The highest BCUT2D eigenvalue weighted by Gasteiger charge is 2.39. The molecule has 3 aromatic rings. The zero-order valence-corrected chi connectivity index (χ0v) is 23.1. The molecule has 0 fully saturated rings. The number of amidine groups is 1. The quantitative estimate of drug-likeness (QED) is 0.424. The molecule has 2 atom stereocenters. The van der Waals surface area contributed by atoms with Crippen molar-refractivity contribution in [3.8, 4) is 11.5 Å². The fourth-order valence-corrected chi connectivity index (χ4v) is 5.82. The Morgan fingerprint density at radius 1 is 0.974 bits per heavy atom. The highest BCUT2D eigenvalue weighted by atomic mass is 32.2. The molecule has 0 saturated heterocycles. The number of rotatable bonds is 7. The lowest BCUT2D eigenvalue weighted by Crippen LogP contribution is -2.25. The summed E-state index contributed by atoms with van der Waals surface area (Å²) in [6.45, 7) is 3.96. The third-order valence-electron chi connectivity index (χ3n) is 6.64. The summed E-state index contributed by atoms with van der Waals surface area (Å²) in [6, 6.07) is 21.3. The van der Waals surface area contributed by atoms with E-state index in [2.05, 4.69) is 10.3 Å².